The van der Waals surface area contributed by atoms with Gasteiger partial charge >= 0.3 is 0 Å². The number of nitrogens with zero attached hydrogens (tertiary/aromatic N) is 3. The van der Waals surface area contributed by atoms with Gasteiger partial charge < -0.3 is 10.1 Å². The van der Waals surface area contributed by atoms with Crippen LogP contribution >= 0.6 is 0 Å². The highest BCUT2D eigenvalue weighted by Crippen LogP contribution is 2.36. The van der Waals surface area contributed by atoms with Crippen LogP contribution in [0.3, 0.4) is 0 Å². The summed E-state index contributed by atoms with van der Waals surface area (Å²) in [5, 5.41) is 4.09. The number of halogens is 2. The predicted molar refractivity (Wildman–Crippen MR) is 118 cm³/mol. The minimum absolute atomic E-state index is 0.411. The summed E-state index contributed by atoms with van der Waals surface area (Å²) < 4.78 is 33.2. The first kappa shape index (κ1) is 20.7. The first-order chi connectivity index (χ1) is 15.1. The predicted octanol–water partition coefficient (Wildman–Crippen LogP) is 5.86. The van der Waals surface area contributed by atoms with Gasteiger partial charge in [-0.3, -0.25) is 4.98 Å². The molecule has 0 aliphatic carbocycles. The summed E-state index contributed by atoms with van der Waals surface area (Å²) in [5.74, 6) is 0.358. The second-order valence-electron chi connectivity index (χ2n) is 7.15. The van der Waals surface area contributed by atoms with Gasteiger partial charge in [0.15, 0.2) is 5.82 Å². The van der Waals surface area contributed by atoms with Gasteiger partial charge in [0.25, 0.3) is 0 Å². The Balaban J connectivity index is 1.94. The molecule has 0 saturated heterocycles. The molecule has 0 aliphatic rings. The quantitative estimate of drug-likeness (QED) is 0.380. The van der Waals surface area contributed by atoms with Crippen LogP contribution in [0.15, 0.2) is 54.9 Å². The number of ether oxygens (including phenoxy) is 1. The van der Waals surface area contributed by atoms with Crippen LogP contribution in [0.2, 0.25) is 0 Å². The van der Waals surface area contributed by atoms with Gasteiger partial charge in [-0.2, -0.15) is 0 Å². The van der Waals surface area contributed by atoms with Crippen molar-refractivity contribution in [3.05, 3.63) is 66.5 Å². The number of anilines is 1. The topological polar surface area (TPSA) is 59.9 Å². The molecule has 7 heteroatoms. The summed E-state index contributed by atoms with van der Waals surface area (Å²) in [6.45, 7) is 2.84. The van der Waals surface area contributed by atoms with Crippen LogP contribution in [0.1, 0.15) is 19.8 Å². The van der Waals surface area contributed by atoms with Gasteiger partial charge in [0.05, 0.1) is 7.11 Å². The van der Waals surface area contributed by atoms with E-state index in [1.54, 1.807) is 25.6 Å². The van der Waals surface area contributed by atoms with Gasteiger partial charge in [-0.1, -0.05) is 13.3 Å². The molecule has 0 saturated carbocycles. The van der Waals surface area contributed by atoms with E-state index in [0.717, 1.165) is 31.0 Å². The van der Waals surface area contributed by atoms with E-state index in [-0.39, 0.29) is 0 Å². The smallest absolute Gasteiger partial charge is 0.163 e. The molecule has 4 rings (SSSR count). The maximum absolute atomic E-state index is 13.8. The first-order valence-electron chi connectivity index (χ1n) is 10.1. The highest BCUT2D eigenvalue weighted by atomic mass is 19.1. The molecular formula is C24H22F2N4O. The van der Waals surface area contributed by atoms with Gasteiger partial charge in [0.2, 0.25) is 0 Å². The number of methoxy groups -OCH3 is 1. The molecule has 4 aromatic rings. The molecule has 0 bridgehead atoms. The normalized spacial score (nSPS) is 11.0. The fourth-order valence-corrected chi connectivity index (χ4v) is 3.39. The van der Waals surface area contributed by atoms with Crippen molar-refractivity contribution in [2.45, 2.75) is 19.8 Å². The van der Waals surface area contributed by atoms with E-state index in [0.29, 0.717) is 39.4 Å². The van der Waals surface area contributed by atoms with Gasteiger partial charge in [-0.05, 0) is 53.9 Å². The molecule has 2 heterocycles. The van der Waals surface area contributed by atoms with Gasteiger partial charge in [0.1, 0.15) is 28.7 Å². The van der Waals surface area contributed by atoms with Crippen LogP contribution in [-0.4, -0.2) is 28.6 Å². The number of unbranched alkanes of at least 4 members (excludes halogenated alkanes) is 1. The molecule has 0 spiro atoms. The summed E-state index contributed by atoms with van der Waals surface area (Å²) in [5.41, 5.74) is 2.41. The molecule has 0 fully saturated rings. The molecular weight excluding hydrogens is 398 g/mol. The average molecular weight is 420 g/mol. The Morgan fingerprint density at radius 3 is 2.42 bits per heavy atom. The lowest BCUT2D eigenvalue weighted by Gasteiger charge is -2.15. The molecule has 0 atom stereocenters. The lowest BCUT2D eigenvalue weighted by Crippen LogP contribution is -2.06. The Morgan fingerprint density at radius 2 is 1.74 bits per heavy atom. The van der Waals surface area contributed by atoms with E-state index in [2.05, 4.69) is 17.2 Å². The molecule has 158 valence electrons. The second-order valence-corrected chi connectivity index (χ2v) is 7.15. The van der Waals surface area contributed by atoms with Crippen molar-refractivity contribution < 1.29 is 13.5 Å². The van der Waals surface area contributed by atoms with Crippen LogP contribution in [0.25, 0.3) is 33.4 Å². The summed E-state index contributed by atoms with van der Waals surface area (Å²) in [6, 6.07) is 10.7. The van der Waals surface area contributed by atoms with Crippen molar-refractivity contribution in [3.63, 3.8) is 0 Å². The van der Waals surface area contributed by atoms with Crippen LogP contribution in [0, 0.1) is 11.6 Å². The average Bonchev–Trinajstić information content (AvgIpc) is 2.78. The van der Waals surface area contributed by atoms with E-state index >= 15 is 0 Å². The minimum Gasteiger partial charge on any atom is -0.494 e. The number of fused-ring (bicyclic) bond motifs is 1. The Kier molecular flexibility index (Phi) is 6.02. The molecule has 5 nitrogen and oxygen atoms in total. The Hall–Kier alpha value is -3.61. The zero-order chi connectivity index (χ0) is 21.8. The molecule has 0 amide bonds. The van der Waals surface area contributed by atoms with Crippen molar-refractivity contribution in [2.24, 2.45) is 0 Å². The third-order valence-corrected chi connectivity index (χ3v) is 4.92. The summed E-state index contributed by atoms with van der Waals surface area (Å²) in [7, 11) is 1.54. The standard InChI is InChI=1S/C24H22F2N4O/c1-3-4-8-28-24-20-11-17(16-9-18(25)13-19(26)10-16)12-21(31-2)22(20)29-23(30-24)15-6-5-7-27-14-15/h5-7,9-14H,3-4,8H2,1-2H3,(H,28,29,30). The van der Waals surface area contributed by atoms with Crippen molar-refractivity contribution in [2.75, 3.05) is 19.0 Å². The Bertz CT molecular complexity index is 1200. The monoisotopic (exact) mass is 420 g/mol. The molecule has 0 aliphatic heterocycles. The number of hydrogen-bond donors (Lipinski definition) is 1. The third-order valence-electron chi connectivity index (χ3n) is 4.92. The second kappa shape index (κ2) is 9.04. The number of rotatable bonds is 7. The number of nitrogens with one attached hydrogen (secondary N) is 1. The van der Waals surface area contributed by atoms with Crippen molar-refractivity contribution in [3.8, 4) is 28.3 Å². The molecule has 31 heavy (non-hydrogen) atoms. The van der Waals surface area contributed by atoms with E-state index in [9.17, 15) is 8.78 Å². The van der Waals surface area contributed by atoms with Gasteiger partial charge in [-0.25, -0.2) is 18.7 Å². The van der Waals surface area contributed by atoms with Crippen LogP contribution in [-0.2, 0) is 0 Å². The number of hydrogen-bond acceptors (Lipinski definition) is 5. The maximum Gasteiger partial charge on any atom is 0.163 e. The van der Waals surface area contributed by atoms with Crippen LogP contribution in [0.4, 0.5) is 14.6 Å². The van der Waals surface area contributed by atoms with E-state index in [1.807, 2.05) is 18.2 Å². The maximum atomic E-state index is 13.8. The molecule has 0 unspecified atom stereocenters. The molecule has 1 N–H and O–H groups in total. The first-order valence-corrected chi connectivity index (χ1v) is 10.1. The molecule has 0 radical (unpaired) electrons. The highest BCUT2D eigenvalue weighted by molar-refractivity contribution is 5.97. The van der Waals surface area contributed by atoms with Gasteiger partial charge in [0, 0.05) is 36.0 Å². The molecule has 2 aromatic carbocycles. The van der Waals surface area contributed by atoms with Crippen molar-refractivity contribution in [1.82, 2.24) is 15.0 Å². The molecule has 2 aromatic heterocycles. The highest BCUT2D eigenvalue weighted by Gasteiger charge is 2.16. The van der Waals surface area contributed by atoms with Crippen molar-refractivity contribution in [1.29, 1.82) is 0 Å². The van der Waals surface area contributed by atoms with Gasteiger partial charge in [-0.15, -0.1) is 0 Å². The number of pyridine rings is 1. The van der Waals surface area contributed by atoms with E-state index in [4.69, 9.17) is 14.7 Å². The summed E-state index contributed by atoms with van der Waals surface area (Å²) in [4.78, 5) is 13.6. The lowest BCUT2D eigenvalue weighted by atomic mass is 10.0. The number of aromatic nitrogens is 3. The van der Waals surface area contributed by atoms with E-state index < -0.39 is 11.6 Å². The largest absolute Gasteiger partial charge is 0.494 e. The lowest BCUT2D eigenvalue weighted by molar-refractivity contribution is 0.419. The summed E-state index contributed by atoms with van der Waals surface area (Å²) >= 11 is 0. The third kappa shape index (κ3) is 4.45. The SMILES string of the molecule is CCCCNc1nc(-c2cccnc2)nc2c(OC)cc(-c3cc(F)cc(F)c3)cc12. The van der Waals surface area contributed by atoms with Crippen molar-refractivity contribution >= 4 is 16.7 Å². The van der Waals surface area contributed by atoms with Crippen LogP contribution in [0.5, 0.6) is 5.75 Å². The van der Waals surface area contributed by atoms with Crippen LogP contribution < -0.4 is 10.1 Å². The minimum atomic E-state index is -0.640. The zero-order valence-electron chi connectivity index (χ0n) is 17.3. The summed E-state index contributed by atoms with van der Waals surface area (Å²) in [6.07, 6.45) is 5.39. The Labute approximate surface area is 179 Å². The van der Waals surface area contributed by atoms with E-state index in [1.165, 1.54) is 12.1 Å². The fraction of sp³-hybridized carbons (Fsp3) is 0.208. The Morgan fingerprint density at radius 1 is 0.968 bits per heavy atom. The zero-order valence-corrected chi connectivity index (χ0v) is 17.3. The fourth-order valence-electron chi connectivity index (χ4n) is 3.39. The number of benzene rings is 2.